The Balaban J connectivity index is 2.30. The first-order chi connectivity index (χ1) is 1.91. The first-order valence-electron chi connectivity index (χ1n) is 0.880. The van der Waals surface area contributed by atoms with Crippen LogP contribution in [0.15, 0.2) is 0 Å². The van der Waals surface area contributed by atoms with E-state index in [1.807, 2.05) is 0 Å². The first-order valence-corrected chi connectivity index (χ1v) is 1.82. The van der Waals surface area contributed by atoms with Crippen molar-refractivity contribution >= 4 is 8.69 Å². The van der Waals surface area contributed by atoms with Gasteiger partial charge in [0.15, 0.2) is 8.69 Å². The molecule has 26 valence electrons. The maximum absolute atomic E-state index is 9.16. The molecule has 0 radical (unpaired) electrons. The van der Waals surface area contributed by atoms with Crippen molar-refractivity contribution in [2.75, 3.05) is 7.11 Å². The van der Waals surface area contributed by atoms with Gasteiger partial charge < -0.3 is 4.52 Å². The molecule has 2 nitrogen and oxygen atoms in total. The summed E-state index contributed by atoms with van der Waals surface area (Å²) in [6.45, 7) is 0. The van der Waals surface area contributed by atoms with Crippen LogP contribution in [0.1, 0.15) is 0 Å². The van der Waals surface area contributed by atoms with Crippen LogP contribution in [0.5, 0.6) is 0 Å². The molecular formula is CH5O2P. The van der Waals surface area contributed by atoms with Crippen molar-refractivity contribution in [3.05, 3.63) is 0 Å². The second-order valence-corrected chi connectivity index (χ2v) is 0.996. The number of hydrogen-bond acceptors (Lipinski definition) is 2. The average Bonchev–Trinajstić information content (AvgIpc) is 1.37. The van der Waals surface area contributed by atoms with Gasteiger partial charge in [-0.3, -0.25) is 4.57 Å². The van der Waals surface area contributed by atoms with Gasteiger partial charge in [0, 0.05) is 7.11 Å². The monoisotopic (exact) mass is 80.0 g/mol. The third-order valence-corrected chi connectivity index (χ3v) is 0.289. The molecule has 0 aromatic carbocycles. The van der Waals surface area contributed by atoms with Gasteiger partial charge in [0.25, 0.3) is 0 Å². The minimum absolute atomic E-state index is 0.968. The Morgan fingerprint density at radius 1 is 2.00 bits per heavy atom. The van der Waals surface area contributed by atoms with Crippen LogP contribution in [0.4, 0.5) is 0 Å². The largest absolute Gasteiger partial charge is 0.336 e. The minimum Gasteiger partial charge on any atom is -0.336 e. The standard InChI is InChI=1S/CH5O2P/c1-3-4-2/h4H2,1H3. The van der Waals surface area contributed by atoms with Crippen molar-refractivity contribution in [1.82, 2.24) is 0 Å². The van der Waals surface area contributed by atoms with E-state index in [4.69, 9.17) is 4.57 Å². The van der Waals surface area contributed by atoms with E-state index in [1.165, 1.54) is 7.11 Å². The fourth-order valence-corrected chi connectivity index (χ4v) is 0. The molecule has 0 bridgehead atoms. The van der Waals surface area contributed by atoms with Crippen LogP contribution in [0.3, 0.4) is 0 Å². The van der Waals surface area contributed by atoms with E-state index >= 15 is 0 Å². The van der Waals surface area contributed by atoms with Crippen molar-refractivity contribution in [2.45, 2.75) is 0 Å². The molecule has 1 unspecified atom stereocenters. The highest BCUT2D eigenvalue weighted by Gasteiger charge is 1.43. The molecular weight excluding hydrogens is 75.0 g/mol. The molecule has 0 heterocycles. The van der Waals surface area contributed by atoms with E-state index in [-0.39, 0.29) is 0 Å². The molecule has 4 heavy (non-hydrogen) atoms. The lowest BCUT2D eigenvalue weighted by molar-refractivity contribution is 0.433. The molecule has 0 aliphatic rings. The maximum Gasteiger partial charge on any atom is 0.179 e. The Morgan fingerprint density at radius 3 is 2.25 bits per heavy atom. The lowest BCUT2D eigenvalue weighted by atomic mass is 11.8. The van der Waals surface area contributed by atoms with Gasteiger partial charge in [-0.15, -0.1) is 0 Å². The van der Waals surface area contributed by atoms with Gasteiger partial charge in [0.05, 0.1) is 0 Å². The Bertz CT molecular complexity index is 20.0. The highest BCUT2D eigenvalue weighted by Crippen LogP contribution is 1.83. The van der Waals surface area contributed by atoms with Gasteiger partial charge >= 0.3 is 0 Å². The zero-order chi connectivity index (χ0) is 3.41. The van der Waals surface area contributed by atoms with Crippen LogP contribution in [-0.2, 0) is 9.09 Å². The summed E-state index contributed by atoms with van der Waals surface area (Å²) in [6.07, 6.45) is 0. The minimum atomic E-state index is -0.968. The highest BCUT2D eigenvalue weighted by molar-refractivity contribution is 7.17. The molecule has 0 rings (SSSR count). The quantitative estimate of drug-likeness (QED) is 0.423. The number of rotatable bonds is 1. The van der Waals surface area contributed by atoms with Gasteiger partial charge in [-0.05, 0) is 0 Å². The van der Waals surface area contributed by atoms with E-state index in [1.54, 1.807) is 0 Å². The average molecular weight is 80.0 g/mol. The van der Waals surface area contributed by atoms with Crippen LogP contribution >= 0.6 is 8.69 Å². The molecule has 0 saturated carbocycles. The Hall–Kier alpha value is 0.190. The van der Waals surface area contributed by atoms with Gasteiger partial charge in [-0.2, -0.15) is 0 Å². The normalized spacial score (nSPS) is 10.2. The van der Waals surface area contributed by atoms with E-state index in [0.29, 0.717) is 0 Å². The van der Waals surface area contributed by atoms with Crippen molar-refractivity contribution in [2.24, 2.45) is 0 Å². The van der Waals surface area contributed by atoms with E-state index in [0.717, 1.165) is 0 Å². The first kappa shape index (κ1) is 4.19. The maximum atomic E-state index is 9.16. The second-order valence-electron chi connectivity index (χ2n) is 0.332. The topological polar surface area (TPSA) is 26.3 Å². The summed E-state index contributed by atoms with van der Waals surface area (Å²) in [5.74, 6) is 0. The zero-order valence-electron chi connectivity index (χ0n) is 2.39. The predicted octanol–water partition coefficient (Wildman–Crippen LogP) is 0.304. The summed E-state index contributed by atoms with van der Waals surface area (Å²) in [5.41, 5.74) is 0. The molecule has 0 aliphatic heterocycles. The summed E-state index contributed by atoms with van der Waals surface area (Å²) >= 11 is 0. The molecule has 0 N–H and O–H groups in total. The molecule has 1 atom stereocenters. The SMILES string of the molecule is CO[PH2]=O. The number of hydrogen-bond donors (Lipinski definition) is 0. The third-order valence-electron chi connectivity index (χ3n) is 0.0962. The highest BCUT2D eigenvalue weighted by atomic mass is 31.1. The fourth-order valence-electron chi connectivity index (χ4n) is 0. The second kappa shape index (κ2) is 3.19. The van der Waals surface area contributed by atoms with Crippen LogP contribution in [0.2, 0.25) is 0 Å². The summed E-state index contributed by atoms with van der Waals surface area (Å²) in [4.78, 5) is 0. The van der Waals surface area contributed by atoms with Gasteiger partial charge in [-0.1, -0.05) is 0 Å². The van der Waals surface area contributed by atoms with E-state index in [9.17, 15) is 0 Å². The van der Waals surface area contributed by atoms with E-state index in [2.05, 4.69) is 4.52 Å². The Morgan fingerprint density at radius 2 is 2.25 bits per heavy atom. The van der Waals surface area contributed by atoms with Crippen LogP contribution in [-0.4, -0.2) is 7.11 Å². The molecule has 0 aliphatic carbocycles. The van der Waals surface area contributed by atoms with Crippen LogP contribution < -0.4 is 0 Å². The zero-order valence-corrected chi connectivity index (χ0v) is 3.55. The van der Waals surface area contributed by atoms with E-state index < -0.39 is 8.69 Å². The van der Waals surface area contributed by atoms with Crippen molar-refractivity contribution in [3.63, 3.8) is 0 Å². The Kier molecular flexibility index (Phi) is 3.34. The summed E-state index contributed by atoms with van der Waals surface area (Å²) in [7, 11) is 0.437. The smallest absolute Gasteiger partial charge is 0.179 e. The fraction of sp³-hybridized carbons (Fsp3) is 1.00. The van der Waals surface area contributed by atoms with Gasteiger partial charge in [0.2, 0.25) is 0 Å². The molecule has 3 heteroatoms. The van der Waals surface area contributed by atoms with Crippen molar-refractivity contribution < 1.29 is 9.09 Å². The summed E-state index contributed by atoms with van der Waals surface area (Å²) in [5, 5.41) is 0. The molecule has 0 aromatic heterocycles. The van der Waals surface area contributed by atoms with Crippen LogP contribution in [0.25, 0.3) is 0 Å². The third kappa shape index (κ3) is 2.19. The molecule has 0 amide bonds. The molecule has 0 spiro atoms. The van der Waals surface area contributed by atoms with Crippen LogP contribution in [0, 0.1) is 0 Å². The molecule has 0 saturated heterocycles. The van der Waals surface area contributed by atoms with Crippen molar-refractivity contribution in [3.8, 4) is 0 Å². The molecule has 0 fully saturated rings. The van der Waals surface area contributed by atoms with Gasteiger partial charge in [0.1, 0.15) is 0 Å². The molecule has 0 aromatic rings. The summed E-state index contributed by atoms with van der Waals surface area (Å²) < 4.78 is 13.2. The summed E-state index contributed by atoms with van der Waals surface area (Å²) in [6, 6.07) is 0. The lowest BCUT2D eigenvalue weighted by Gasteiger charge is -1.63. The Labute approximate surface area is 26.1 Å². The van der Waals surface area contributed by atoms with Crippen molar-refractivity contribution in [1.29, 1.82) is 0 Å². The van der Waals surface area contributed by atoms with Gasteiger partial charge in [-0.25, -0.2) is 0 Å². The lowest BCUT2D eigenvalue weighted by Crippen LogP contribution is -1.42. The predicted molar refractivity (Wildman–Crippen MR) is 17.4 cm³/mol.